The van der Waals surface area contributed by atoms with Crippen molar-refractivity contribution in [3.63, 3.8) is 0 Å². The summed E-state index contributed by atoms with van der Waals surface area (Å²) >= 11 is 1.80. The third-order valence-corrected chi connectivity index (χ3v) is 5.07. The Morgan fingerprint density at radius 1 is 1.24 bits per heavy atom. The number of rotatable bonds is 5. The zero-order valence-corrected chi connectivity index (χ0v) is 15.6. The maximum Gasteiger partial charge on any atom is 0.191 e. The van der Waals surface area contributed by atoms with Crippen molar-refractivity contribution in [1.29, 1.82) is 0 Å². The highest BCUT2D eigenvalue weighted by Crippen LogP contribution is 2.18. The molecule has 1 aliphatic rings. The Morgan fingerprint density at radius 2 is 2.04 bits per heavy atom. The summed E-state index contributed by atoms with van der Waals surface area (Å²) < 4.78 is 5.44. The van der Waals surface area contributed by atoms with Crippen molar-refractivity contribution in [3.05, 3.63) is 45.8 Å². The van der Waals surface area contributed by atoms with Gasteiger partial charge in [-0.25, -0.2) is 4.98 Å². The molecule has 1 aliphatic heterocycles. The Hall–Kier alpha value is -2.12. The van der Waals surface area contributed by atoms with Crippen LogP contribution in [0, 0.1) is 6.92 Å². The summed E-state index contributed by atoms with van der Waals surface area (Å²) in [4.78, 5) is 13.8. The van der Waals surface area contributed by atoms with Crippen LogP contribution in [0.15, 0.2) is 35.5 Å². The van der Waals surface area contributed by atoms with E-state index in [2.05, 4.69) is 50.6 Å². The fourth-order valence-corrected chi connectivity index (χ4v) is 3.61. The summed E-state index contributed by atoms with van der Waals surface area (Å²) in [5.74, 6) is 1.82. The molecule has 25 heavy (non-hydrogen) atoms. The number of hydrogen-bond donors (Lipinski definition) is 2. The van der Waals surface area contributed by atoms with Gasteiger partial charge in [-0.1, -0.05) is 6.07 Å². The highest BCUT2D eigenvalue weighted by Gasteiger charge is 2.15. The summed E-state index contributed by atoms with van der Waals surface area (Å²) in [6.45, 7) is 6.87. The number of aromatic nitrogens is 1. The van der Waals surface area contributed by atoms with Gasteiger partial charge >= 0.3 is 0 Å². The second-order valence-corrected chi connectivity index (χ2v) is 7.25. The van der Waals surface area contributed by atoms with Gasteiger partial charge < -0.3 is 20.3 Å². The van der Waals surface area contributed by atoms with Crippen molar-refractivity contribution in [2.24, 2.45) is 4.99 Å². The van der Waals surface area contributed by atoms with E-state index in [1.165, 1.54) is 15.3 Å². The Kier molecular flexibility index (Phi) is 6.25. The van der Waals surface area contributed by atoms with Crippen LogP contribution in [0.5, 0.6) is 0 Å². The summed E-state index contributed by atoms with van der Waals surface area (Å²) in [7, 11) is 1.79. The summed E-state index contributed by atoms with van der Waals surface area (Å²) in [5, 5.41) is 6.75. The highest BCUT2D eigenvalue weighted by molar-refractivity contribution is 7.11. The van der Waals surface area contributed by atoms with Gasteiger partial charge in [0.2, 0.25) is 0 Å². The first kappa shape index (κ1) is 17.7. The van der Waals surface area contributed by atoms with E-state index in [0.29, 0.717) is 6.54 Å². The van der Waals surface area contributed by atoms with Gasteiger partial charge in [0, 0.05) is 48.2 Å². The zero-order chi connectivity index (χ0) is 17.5. The molecule has 1 saturated heterocycles. The lowest BCUT2D eigenvalue weighted by atomic mass is 10.2. The second kappa shape index (κ2) is 8.82. The van der Waals surface area contributed by atoms with Gasteiger partial charge in [0.15, 0.2) is 5.96 Å². The Labute approximate surface area is 152 Å². The van der Waals surface area contributed by atoms with Crippen molar-refractivity contribution in [3.8, 4) is 0 Å². The molecule has 1 fully saturated rings. The van der Waals surface area contributed by atoms with Crippen LogP contribution in [-0.2, 0) is 17.8 Å². The smallest absolute Gasteiger partial charge is 0.191 e. The van der Waals surface area contributed by atoms with Crippen LogP contribution >= 0.6 is 11.3 Å². The molecule has 0 bridgehead atoms. The van der Waals surface area contributed by atoms with Crippen LogP contribution in [0.2, 0.25) is 0 Å². The number of nitrogens with zero attached hydrogens (tertiary/aromatic N) is 3. The second-order valence-electron chi connectivity index (χ2n) is 5.88. The quantitative estimate of drug-likeness (QED) is 0.633. The lowest BCUT2D eigenvalue weighted by Crippen LogP contribution is -2.39. The van der Waals surface area contributed by atoms with Gasteiger partial charge in [0.05, 0.1) is 19.8 Å². The SMILES string of the molecule is CN=C(NCc1ccc(C)s1)NCc1cccnc1N1CCOCC1. The number of aliphatic imine (C=N–C) groups is 1. The molecule has 2 aromatic heterocycles. The molecule has 6 nitrogen and oxygen atoms in total. The van der Waals surface area contributed by atoms with Gasteiger partial charge in [-0.3, -0.25) is 4.99 Å². The molecule has 0 saturated carbocycles. The van der Waals surface area contributed by atoms with Crippen molar-refractivity contribution in [2.45, 2.75) is 20.0 Å². The molecule has 134 valence electrons. The fraction of sp³-hybridized carbons (Fsp3) is 0.444. The van der Waals surface area contributed by atoms with E-state index in [4.69, 9.17) is 4.74 Å². The van der Waals surface area contributed by atoms with Crippen LogP contribution in [0.1, 0.15) is 15.3 Å². The molecule has 2 aromatic rings. The first-order chi connectivity index (χ1) is 12.3. The first-order valence-electron chi connectivity index (χ1n) is 8.52. The number of guanidine groups is 1. The first-order valence-corrected chi connectivity index (χ1v) is 9.34. The standard InChI is InChI=1S/C18H25N5OS/c1-14-5-6-16(25-14)13-22-18(19-2)21-12-15-4-3-7-20-17(15)23-8-10-24-11-9-23/h3-7H,8-13H2,1-2H3,(H2,19,21,22). The van der Waals surface area contributed by atoms with E-state index < -0.39 is 0 Å². The lowest BCUT2D eigenvalue weighted by Gasteiger charge is -2.29. The number of aryl methyl sites for hydroxylation is 1. The number of nitrogens with one attached hydrogen (secondary N) is 2. The van der Waals surface area contributed by atoms with E-state index in [1.807, 2.05) is 12.3 Å². The molecule has 0 aliphatic carbocycles. The highest BCUT2D eigenvalue weighted by atomic mass is 32.1. The van der Waals surface area contributed by atoms with Crippen molar-refractivity contribution in [1.82, 2.24) is 15.6 Å². The van der Waals surface area contributed by atoms with Gasteiger partial charge in [-0.05, 0) is 25.1 Å². The largest absolute Gasteiger partial charge is 0.378 e. The van der Waals surface area contributed by atoms with Crippen molar-refractivity contribution < 1.29 is 4.74 Å². The van der Waals surface area contributed by atoms with Gasteiger partial charge in [-0.15, -0.1) is 11.3 Å². The normalized spacial score (nSPS) is 15.3. The van der Waals surface area contributed by atoms with Crippen LogP contribution in [0.4, 0.5) is 5.82 Å². The van der Waals surface area contributed by atoms with E-state index in [-0.39, 0.29) is 0 Å². The minimum absolute atomic E-state index is 0.684. The van der Waals surface area contributed by atoms with E-state index in [0.717, 1.165) is 44.6 Å². The molecule has 0 spiro atoms. The Bertz CT molecular complexity index is 709. The molecular formula is C18H25N5OS. The molecule has 0 amide bonds. The number of morpholine rings is 1. The van der Waals surface area contributed by atoms with Gasteiger partial charge in [0.1, 0.15) is 5.82 Å². The number of anilines is 1. The average molecular weight is 359 g/mol. The molecule has 0 unspecified atom stereocenters. The average Bonchev–Trinajstić information content (AvgIpc) is 3.08. The van der Waals surface area contributed by atoms with Crippen LogP contribution in [0.3, 0.4) is 0 Å². The lowest BCUT2D eigenvalue weighted by molar-refractivity contribution is 0.122. The number of hydrogen-bond acceptors (Lipinski definition) is 5. The maximum absolute atomic E-state index is 5.44. The van der Waals surface area contributed by atoms with Crippen molar-refractivity contribution in [2.75, 3.05) is 38.3 Å². The van der Waals surface area contributed by atoms with Crippen LogP contribution in [-0.4, -0.2) is 44.3 Å². The van der Waals surface area contributed by atoms with E-state index >= 15 is 0 Å². The molecule has 3 heterocycles. The predicted octanol–water partition coefficient (Wildman–Crippen LogP) is 2.15. The van der Waals surface area contributed by atoms with E-state index in [9.17, 15) is 0 Å². The van der Waals surface area contributed by atoms with Crippen LogP contribution in [0.25, 0.3) is 0 Å². The summed E-state index contributed by atoms with van der Waals surface area (Å²) in [6, 6.07) is 8.38. The molecule has 0 radical (unpaired) electrons. The number of thiophene rings is 1. The van der Waals surface area contributed by atoms with Crippen LogP contribution < -0.4 is 15.5 Å². The summed E-state index contributed by atoms with van der Waals surface area (Å²) in [6.07, 6.45) is 1.85. The Balaban J connectivity index is 1.58. The fourth-order valence-electron chi connectivity index (χ4n) is 2.78. The third kappa shape index (κ3) is 4.93. The Morgan fingerprint density at radius 3 is 2.76 bits per heavy atom. The maximum atomic E-state index is 5.44. The summed E-state index contributed by atoms with van der Waals surface area (Å²) in [5.41, 5.74) is 1.17. The molecule has 2 N–H and O–H groups in total. The van der Waals surface area contributed by atoms with Gasteiger partial charge in [0.25, 0.3) is 0 Å². The third-order valence-electron chi connectivity index (χ3n) is 4.07. The molecule has 3 rings (SSSR count). The monoisotopic (exact) mass is 359 g/mol. The minimum Gasteiger partial charge on any atom is -0.378 e. The molecule has 0 aromatic carbocycles. The molecular weight excluding hydrogens is 334 g/mol. The van der Waals surface area contributed by atoms with E-state index in [1.54, 1.807) is 18.4 Å². The van der Waals surface area contributed by atoms with Crippen molar-refractivity contribution >= 4 is 23.1 Å². The number of pyridine rings is 1. The minimum atomic E-state index is 0.684. The number of ether oxygens (including phenoxy) is 1. The zero-order valence-electron chi connectivity index (χ0n) is 14.8. The topological polar surface area (TPSA) is 61.8 Å². The van der Waals surface area contributed by atoms with Gasteiger partial charge in [-0.2, -0.15) is 0 Å². The predicted molar refractivity (Wildman–Crippen MR) is 103 cm³/mol. The molecule has 7 heteroatoms. The molecule has 0 atom stereocenters.